The standard InChI is InChI=1S/C17H18F3N3OS.2ClH/c1-23(14-5-6-21-9-14)15(24)8-13-10-25-16(22-13)11-3-2-4-12(7-11)17(18,19)20;;/h2-4,7,10,14,21H,5-6,8-9H2,1H3;2*1H. The number of hydrogen-bond donors (Lipinski definition) is 1. The third-order valence-corrected chi connectivity index (χ3v) is 5.24. The van der Waals surface area contributed by atoms with Crippen molar-refractivity contribution in [1.82, 2.24) is 15.2 Å². The van der Waals surface area contributed by atoms with E-state index in [1.54, 1.807) is 23.4 Å². The second kappa shape index (κ2) is 9.73. The van der Waals surface area contributed by atoms with Gasteiger partial charge in [-0.25, -0.2) is 4.98 Å². The number of hydrogen-bond acceptors (Lipinski definition) is 4. The van der Waals surface area contributed by atoms with E-state index in [1.807, 2.05) is 0 Å². The molecular weight excluding hydrogens is 422 g/mol. The van der Waals surface area contributed by atoms with Crippen molar-refractivity contribution in [1.29, 1.82) is 0 Å². The van der Waals surface area contributed by atoms with Crippen molar-refractivity contribution in [3.8, 4) is 10.6 Å². The lowest BCUT2D eigenvalue weighted by Gasteiger charge is -2.23. The van der Waals surface area contributed by atoms with Crippen molar-refractivity contribution in [2.45, 2.75) is 25.1 Å². The summed E-state index contributed by atoms with van der Waals surface area (Å²) >= 11 is 1.25. The normalized spacial score (nSPS) is 16.4. The summed E-state index contributed by atoms with van der Waals surface area (Å²) in [6.45, 7) is 1.69. The second-order valence-electron chi connectivity index (χ2n) is 6.05. The zero-order chi connectivity index (χ0) is 18.0. The molecule has 10 heteroatoms. The highest BCUT2D eigenvalue weighted by molar-refractivity contribution is 7.13. The van der Waals surface area contributed by atoms with Crippen LogP contribution in [0.1, 0.15) is 17.7 Å². The predicted molar refractivity (Wildman–Crippen MR) is 105 cm³/mol. The molecule has 1 unspecified atom stereocenters. The van der Waals surface area contributed by atoms with Crippen LogP contribution in [0.3, 0.4) is 0 Å². The molecule has 1 amide bonds. The number of nitrogens with one attached hydrogen (secondary N) is 1. The van der Waals surface area contributed by atoms with Crippen molar-refractivity contribution in [3.63, 3.8) is 0 Å². The van der Waals surface area contributed by atoms with E-state index in [1.165, 1.54) is 17.4 Å². The van der Waals surface area contributed by atoms with E-state index >= 15 is 0 Å². The van der Waals surface area contributed by atoms with Gasteiger partial charge in [-0.1, -0.05) is 12.1 Å². The van der Waals surface area contributed by atoms with Crippen molar-refractivity contribution in [2.75, 3.05) is 20.1 Å². The number of carbonyl (C=O) groups excluding carboxylic acids is 1. The fraction of sp³-hybridized carbons (Fsp3) is 0.412. The van der Waals surface area contributed by atoms with E-state index in [9.17, 15) is 18.0 Å². The van der Waals surface area contributed by atoms with Crippen molar-refractivity contribution < 1.29 is 18.0 Å². The number of thiazole rings is 1. The Bertz CT molecular complexity index is 764. The number of likely N-dealkylation sites (N-methyl/N-ethyl adjacent to an activating group) is 1. The summed E-state index contributed by atoms with van der Waals surface area (Å²) in [5.74, 6) is -0.0328. The van der Waals surface area contributed by atoms with Crippen LogP contribution in [0.5, 0.6) is 0 Å². The Hall–Kier alpha value is -1.35. The quantitative estimate of drug-likeness (QED) is 0.778. The van der Waals surface area contributed by atoms with Crippen LogP contribution in [-0.2, 0) is 17.4 Å². The van der Waals surface area contributed by atoms with Crippen LogP contribution >= 0.6 is 36.2 Å². The van der Waals surface area contributed by atoms with Gasteiger partial charge in [0, 0.05) is 30.6 Å². The lowest BCUT2D eigenvalue weighted by Crippen LogP contribution is -2.39. The van der Waals surface area contributed by atoms with Crippen LogP contribution in [0.2, 0.25) is 0 Å². The molecule has 1 fully saturated rings. The molecule has 4 nitrogen and oxygen atoms in total. The molecule has 2 aromatic rings. The lowest BCUT2D eigenvalue weighted by molar-refractivity contribution is -0.137. The number of nitrogens with zero attached hydrogens (tertiary/aromatic N) is 2. The molecule has 1 aromatic heterocycles. The second-order valence-corrected chi connectivity index (χ2v) is 6.91. The summed E-state index contributed by atoms with van der Waals surface area (Å²) < 4.78 is 38.5. The maximum absolute atomic E-state index is 12.8. The molecule has 1 N–H and O–H groups in total. The Morgan fingerprint density at radius 3 is 2.74 bits per heavy atom. The maximum Gasteiger partial charge on any atom is 0.416 e. The van der Waals surface area contributed by atoms with Gasteiger partial charge in [-0.15, -0.1) is 36.2 Å². The molecule has 0 bridgehead atoms. The van der Waals surface area contributed by atoms with Crippen LogP contribution in [0.25, 0.3) is 10.6 Å². The zero-order valence-corrected chi connectivity index (χ0v) is 16.9. The molecule has 0 radical (unpaired) electrons. The van der Waals surface area contributed by atoms with E-state index in [2.05, 4.69) is 10.3 Å². The smallest absolute Gasteiger partial charge is 0.341 e. The first-order valence-electron chi connectivity index (χ1n) is 7.93. The van der Waals surface area contributed by atoms with Gasteiger partial charge in [0.2, 0.25) is 5.91 Å². The first kappa shape index (κ1) is 23.7. The number of carbonyl (C=O) groups is 1. The summed E-state index contributed by atoms with van der Waals surface area (Å²) in [5.41, 5.74) is 0.290. The number of aromatic nitrogens is 1. The molecule has 0 spiro atoms. The Kier molecular flexibility index (Phi) is 8.53. The Morgan fingerprint density at radius 2 is 2.11 bits per heavy atom. The molecule has 3 rings (SSSR count). The highest BCUT2D eigenvalue weighted by Crippen LogP contribution is 2.33. The minimum atomic E-state index is -4.38. The SMILES string of the molecule is CN(C(=O)Cc1csc(-c2cccc(C(F)(F)F)c2)n1)C1CCNC1.Cl.Cl. The van der Waals surface area contributed by atoms with Gasteiger partial charge in [0.25, 0.3) is 0 Å². The first-order valence-corrected chi connectivity index (χ1v) is 8.81. The summed E-state index contributed by atoms with van der Waals surface area (Å²) in [4.78, 5) is 18.4. The van der Waals surface area contributed by atoms with Gasteiger partial charge in [0.15, 0.2) is 0 Å². The van der Waals surface area contributed by atoms with Gasteiger partial charge in [-0.05, 0) is 25.1 Å². The monoisotopic (exact) mass is 441 g/mol. The van der Waals surface area contributed by atoms with Crippen molar-refractivity contribution in [2.24, 2.45) is 0 Å². The summed E-state index contributed by atoms with van der Waals surface area (Å²) in [7, 11) is 1.78. The third-order valence-electron chi connectivity index (χ3n) is 4.30. The van der Waals surface area contributed by atoms with E-state index in [4.69, 9.17) is 0 Å². The number of amides is 1. The molecule has 1 aliphatic heterocycles. The van der Waals surface area contributed by atoms with Crippen LogP contribution in [-0.4, -0.2) is 42.0 Å². The highest BCUT2D eigenvalue weighted by Gasteiger charge is 2.30. The van der Waals surface area contributed by atoms with Gasteiger partial charge >= 0.3 is 6.18 Å². The van der Waals surface area contributed by atoms with Gasteiger partial charge in [0.05, 0.1) is 17.7 Å². The van der Waals surface area contributed by atoms with Crippen LogP contribution in [0.4, 0.5) is 13.2 Å². The topological polar surface area (TPSA) is 45.2 Å². The molecule has 1 aliphatic rings. The van der Waals surface area contributed by atoms with E-state index in [-0.39, 0.29) is 43.2 Å². The predicted octanol–water partition coefficient (Wildman–Crippen LogP) is 4.04. The van der Waals surface area contributed by atoms with E-state index in [0.29, 0.717) is 16.3 Å². The Labute approximate surface area is 172 Å². The number of alkyl halides is 3. The molecule has 1 atom stereocenters. The molecular formula is C17H20Cl2F3N3OS. The fourth-order valence-corrected chi connectivity index (χ4v) is 3.62. The first-order chi connectivity index (χ1) is 11.8. The summed E-state index contributed by atoms with van der Waals surface area (Å²) in [6.07, 6.45) is -3.30. The van der Waals surface area contributed by atoms with Gasteiger partial charge in [-0.2, -0.15) is 13.2 Å². The zero-order valence-electron chi connectivity index (χ0n) is 14.5. The minimum absolute atomic E-state index is 0. The molecule has 1 saturated heterocycles. The Balaban J connectivity index is 0.00000182. The molecule has 0 aliphatic carbocycles. The maximum atomic E-state index is 12.8. The Morgan fingerprint density at radius 1 is 1.37 bits per heavy atom. The fourth-order valence-electron chi connectivity index (χ4n) is 2.80. The van der Waals surface area contributed by atoms with Gasteiger partial charge in [-0.3, -0.25) is 4.79 Å². The molecule has 0 saturated carbocycles. The summed E-state index contributed by atoms with van der Waals surface area (Å²) in [5, 5.41) is 5.43. The largest absolute Gasteiger partial charge is 0.416 e. The average molecular weight is 442 g/mol. The summed E-state index contributed by atoms with van der Waals surface area (Å²) in [6, 6.07) is 5.27. The number of halogens is 5. The average Bonchev–Trinajstić information content (AvgIpc) is 3.25. The van der Waals surface area contributed by atoms with Crippen molar-refractivity contribution in [3.05, 3.63) is 40.9 Å². The molecule has 2 heterocycles. The van der Waals surface area contributed by atoms with Crippen molar-refractivity contribution >= 4 is 42.1 Å². The molecule has 150 valence electrons. The van der Waals surface area contributed by atoms with Gasteiger partial charge in [0.1, 0.15) is 5.01 Å². The van der Waals surface area contributed by atoms with Crippen LogP contribution in [0.15, 0.2) is 29.6 Å². The molecule has 1 aromatic carbocycles. The van der Waals surface area contributed by atoms with Crippen LogP contribution in [0, 0.1) is 0 Å². The minimum Gasteiger partial charge on any atom is -0.341 e. The number of rotatable bonds is 4. The molecule has 27 heavy (non-hydrogen) atoms. The highest BCUT2D eigenvalue weighted by atomic mass is 35.5. The van der Waals surface area contributed by atoms with E-state index < -0.39 is 11.7 Å². The van der Waals surface area contributed by atoms with E-state index in [0.717, 1.165) is 31.6 Å². The lowest BCUT2D eigenvalue weighted by atomic mass is 10.1. The van der Waals surface area contributed by atoms with Gasteiger partial charge < -0.3 is 10.2 Å². The van der Waals surface area contributed by atoms with Crippen LogP contribution < -0.4 is 5.32 Å². The third kappa shape index (κ3) is 5.81. The number of benzene rings is 1.